The minimum absolute atomic E-state index is 0.169. The number of thiazole rings is 1. The molecule has 1 saturated heterocycles. The normalized spacial score (nSPS) is 17.8. The number of nitrogens with zero attached hydrogens (tertiary/aromatic N) is 4. The van der Waals surface area contributed by atoms with Gasteiger partial charge in [-0.25, -0.2) is 19.2 Å². The number of halogens is 1. The number of aliphatic hydroxyl groups is 2. The number of benzene rings is 1. The molecule has 2 atom stereocenters. The van der Waals surface area contributed by atoms with E-state index in [2.05, 4.69) is 15.3 Å². The van der Waals surface area contributed by atoms with Gasteiger partial charge in [-0.2, -0.15) is 0 Å². The van der Waals surface area contributed by atoms with Crippen molar-refractivity contribution in [3.63, 3.8) is 0 Å². The Balaban J connectivity index is 1.42. The summed E-state index contributed by atoms with van der Waals surface area (Å²) >= 11 is 1.43. The van der Waals surface area contributed by atoms with Crippen molar-refractivity contribution in [1.82, 2.24) is 14.9 Å². The largest absolute Gasteiger partial charge is 0.393 e. The van der Waals surface area contributed by atoms with Crippen LogP contribution >= 0.6 is 11.3 Å². The Labute approximate surface area is 183 Å². The molecular weight excluding hydrogens is 421 g/mol. The predicted octanol–water partition coefficient (Wildman–Crippen LogP) is 2.91. The number of piperazine rings is 1. The first kappa shape index (κ1) is 21.4. The Morgan fingerprint density at radius 2 is 2.19 bits per heavy atom. The molecule has 0 radical (unpaired) electrons. The number of carbonyl (C=O) groups excluding carboxylic acids is 1. The molecule has 0 unspecified atom stereocenters. The molecule has 0 spiro atoms. The molecule has 0 saturated carbocycles. The fourth-order valence-electron chi connectivity index (χ4n) is 3.67. The maximum atomic E-state index is 14.5. The predicted molar refractivity (Wildman–Crippen MR) is 118 cm³/mol. The third-order valence-electron chi connectivity index (χ3n) is 5.35. The van der Waals surface area contributed by atoms with Crippen LogP contribution in [-0.4, -0.2) is 63.4 Å². The molecule has 10 heteroatoms. The number of hydrogen-bond donors (Lipinski definition) is 3. The van der Waals surface area contributed by atoms with Crippen LogP contribution in [0.15, 0.2) is 30.5 Å². The number of aromatic nitrogens is 2. The molecule has 3 heterocycles. The monoisotopic (exact) mass is 445 g/mol. The first-order chi connectivity index (χ1) is 14.9. The van der Waals surface area contributed by atoms with Crippen LogP contribution in [0.25, 0.3) is 10.2 Å². The summed E-state index contributed by atoms with van der Waals surface area (Å²) in [6, 6.07) is 6.76. The van der Waals surface area contributed by atoms with Crippen molar-refractivity contribution in [3.05, 3.63) is 47.4 Å². The Morgan fingerprint density at radius 1 is 1.39 bits per heavy atom. The van der Waals surface area contributed by atoms with Crippen molar-refractivity contribution >= 4 is 38.5 Å². The smallest absolute Gasteiger partial charge is 0.324 e. The molecule has 0 aliphatic carbocycles. The van der Waals surface area contributed by atoms with E-state index in [1.54, 1.807) is 9.80 Å². The highest BCUT2D eigenvalue weighted by Gasteiger charge is 2.30. The van der Waals surface area contributed by atoms with E-state index in [-0.39, 0.29) is 23.5 Å². The van der Waals surface area contributed by atoms with Crippen molar-refractivity contribution < 1.29 is 19.4 Å². The van der Waals surface area contributed by atoms with Gasteiger partial charge in [-0.3, -0.25) is 5.32 Å². The van der Waals surface area contributed by atoms with E-state index in [0.717, 1.165) is 15.8 Å². The van der Waals surface area contributed by atoms with E-state index in [1.807, 2.05) is 32.0 Å². The topological polar surface area (TPSA) is 102 Å². The van der Waals surface area contributed by atoms with Crippen molar-refractivity contribution in [1.29, 1.82) is 0 Å². The van der Waals surface area contributed by atoms with E-state index in [4.69, 9.17) is 5.11 Å². The van der Waals surface area contributed by atoms with E-state index < -0.39 is 18.5 Å². The number of anilines is 2. The third-order valence-corrected chi connectivity index (χ3v) is 6.30. The number of hydrogen-bond acceptors (Lipinski definition) is 7. The van der Waals surface area contributed by atoms with Gasteiger partial charge in [0.15, 0.2) is 16.8 Å². The van der Waals surface area contributed by atoms with Gasteiger partial charge >= 0.3 is 6.03 Å². The van der Waals surface area contributed by atoms with E-state index in [9.17, 15) is 14.3 Å². The Kier molecular flexibility index (Phi) is 6.03. The lowest BCUT2D eigenvalue weighted by Gasteiger charge is -2.40. The van der Waals surface area contributed by atoms with Gasteiger partial charge in [0, 0.05) is 37.4 Å². The minimum atomic E-state index is -1.16. The summed E-state index contributed by atoms with van der Waals surface area (Å²) in [5.74, 6) is -0.401. The third kappa shape index (κ3) is 4.46. The first-order valence-corrected chi connectivity index (χ1v) is 10.8. The lowest BCUT2D eigenvalue weighted by atomic mass is 10.1. The lowest BCUT2D eigenvalue weighted by Crippen LogP contribution is -2.55. The molecule has 31 heavy (non-hydrogen) atoms. The minimum Gasteiger partial charge on any atom is -0.393 e. The highest BCUT2D eigenvalue weighted by Crippen LogP contribution is 2.28. The average molecular weight is 446 g/mol. The number of pyridine rings is 1. The van der Waals surface area contributed by atoms with E-state index >= 15 is 0 Å². The molecule has 3 aromatic rings. The van der Waals surface area contributed by atoms with Gasteiger partial charge in [0.2, 0.25) is 0 Å². The van der Waals surface area contributed by atoms with Gasteiger partial charge in [-0.05, 0) is 37.6 Å². The van der Waals surface area contributed by atoms with Crippen molar-refractivity contribution in [2.75, 3.05) is 36.5 Å². The van der Waals surface area contributed by atoms with Crippen LogP contribution in [0.1, 0.15) is 24.2 Å². The zero-order valence-corrected chi connectivity index (χ0v) is 18.1. The van der Waals surface area contributed by atoms with Crippen LogP contribution in [0.5, 0.6) is 0 Å². The van der Waals surface area contributed by atoms with Gasteiger partial charge in [-0.1, -0.05) is 17.4 Å². The zero-order chi connectivity index (χ0) is 22.1. The van der Waals surface area contributed by atoms with Crippen LogP contribution in [-0.2, 0) is 0 Å². The summed E-state index contributed by atoms with van der Waals surface area (Å²) in [5.41, 5.74) is 2.19. The van der Waals surface area contributed by atoms with Gasteiger partial charge in [0.25, 0.3) is 0 Å². The van der Waals surface area contributed by atoms with Crippen LogP contribution in [0.3, 0.4) is 0 Å². The van der Waals surface area contributed by atoms with Gasteiger partial charge < -0.3 is 20.0 Å². The maximum Gasteiger partial charge on any atom is 0.324 e. The fourth-order valence-corrected chi connectivity index (χ4v) is 4.51. The number of fused-ring (bicyclic) bond motifs is 1. The zero-order valence-electron chi connectivity index (χ0n) is 17.2. The standard InChI is InChI=1S/C21H24FN5O3S/c1-12-3-4-18-16(7-12)24-20(31-18)25-21(30)27-6-5-26(10-13(27)2)19-15(22)8-14(9-23-19)17(29)11-28/h3-4,7-9,13,17,28-29H,5-6,10-11H2,1-2H3,(H,24,25,30)/t13-,17+/m0/s1. The molecule has 4 rings (SSSR count). The van der Waals surface area contributed by atoms with Crippen LogP contribution in [0, 0.1) is 12.7 Å². The van der Waals surface area contributed by atoms with Crippen molar-refractivity contribution in [2.45, 2.75) is 26.0 Å². The number of aryl methyl sites for hydroxylation is 1. The second kappa shape index (κ2) is 8.74. The first-order valence-electron chi connectivity index (χ1n) is 10.00. The number of carbonyl (C=O) groups is 1. The quantitative estimate of drug-likeness (QED) is 0.571. The van der Waals surface area contributed by atoms with Crippen molar-refractivity contribution in [2.24, 2.45) is 0 Å². The van der Waals surface area contributed by atoms with Gasteiger partial charge in [0.1, 0.15) is 6.10 Å². The average Bonchev–Trinajstić information content (AvgIpc) is 3.14. The Bertz CT molecular complexity index is 1110. The summed E-state index contributed by atoms with van der Waals surface area (Å²) < 4.78 is 15.5. The molecule has 8 nitrogen and oxygen atoms in total. The molecule has 0 bridgehead atoms. The summed E-state index contributed by atoms with van der Waals surface area (Å²) in [7, 11) is 0. The number of urea groups is 1. The summed E-state index contributed by atoms with van der Waals surface area (Å²) in [6.45, 7) is 4.63. The number of nitrogens with one attached hydrogen (secondary N) is 1. The second-order valence-corrected chi connectivity index (χ2v) is 8.71. The Morgan fingerprint density at radius 3 is 2.90 bits per heavy atom. The molecule has 164 valence electrons. The summed E-state index contributed by atoms with van der Waals surface area (Å²) in [5, 5.41) is 22.1. The summed E-state index contributed by atoms with van der Waals surface area (Å²) in [6.07, 6.45) is 0.194. The Hall–Kier alpha value is -2.82. The molecule has 1 aliphatic rings. The van der Waals surface area contributed by atoms with Gasteiger partial charge in [0.05, 0.1) is 16.8 Å². The molecular formula is C21H24FN5O3S. The lowest BCUT2D eigenvalue weighted by molar-refractivity contribution is 0.0951. The second-order valence-electron chi connectivity index (χ2n) is 7.68. The molecule has 3 N–H and O–H groups in total. The van der Waals surface area contributed by atoms with Crippen LogP contribution < -0.4 is 10.2 Å². The molecule has 2 amide bonds. The van der Waals surface area contributed by atoms with Crippen LogP contribution in [0.2, 0.25) is 0 Å². The fraction of sp³-hybridized carbons (Fsp3) is 0.381. The molecule has 1 fully saturated rings. The SMILES string of the molecule is Cc1ccc2sc(NC(=O)N3CCN(c4ncc([C@H](O)CO)cc4F)C[C@@H]3C)nc2c1. The van der Waals surface area contributed by atoms with E-state index in [0.29, 0.717) is 24.8 Å². The van der Waals surface area contributed by atoms with Crippen molar-refractivity contribution in [3.8, 4) is 0 Å². The highest BCUT2D eigenvalue weighted by molar-refractivity contribution is 7.22. The van der Waals surface area contributed by atoms with Crippen LogP contribution in [0.4, 0.5) is 20.1 Å². The maximum absolute atomic E-state index is 14.5. The number of amides is 2. The summed E-state index contributed by atoms with van der Waals surface area (Å²) in [4.78, 5) is 24.9. The van der Waals surface area contributed by atoms with E-state index in [1.165, 1.54) is 23.6 Å². The van der Waals surface area contributed by atoms with Gasteiger partial charge in [-0.15, -0.1) is 0 Å². The highest BCUT2D eigenvalue weighted by atomic mass is 32.1. The molecule has 1 aliphatic heterocycles. The number of aliphatic hydroxyl groups excluding tert-OH is 2. The number of rotatable bonds is 4. The molecule has 2 aromatic heterocycles. The molecule has 1 aromatic carbocycles.